The molecule has 1 unspecified atom stereocenters. The van der Waals surface area contributed by atoms with E-state index in [9.17, 15) is 9.18 Å². The summed E-state index contributed by atoms with van der Waals surface area (Å²) in [5.74, 6) is -2.32. The number of hydrogen-bond donors (Lipinski definition) is 1. The predicted molar refractivity (Wildman–Crippen MR) is 45.9 cm³/mol. The number of hydrogen-bond acceptors (Lipinski definition) is 3. The van der Waals surface area contributed by atoms with Gasteiger partial charge in [-0.25, -0.2) is 0 Å². The second-order valence-corrected chi connectivity index (χ2v) is 3.21. The lowest BCUT2D eigenvalue weighted by Gasteiger charge is -1.91. The highest BCUT2D eigenvalue weighted by atomic mass is 35.5. The van der Waals surface area contributed by atoms with E-state index in [1.807, 2.05) is 0 Å². The molecule has 12 heavy (non-hydrogen) atoms. The highest BCUT2D eigenvalue weighted by Gasteiger charge is 2.09. The molecule has 0 fully saturated rings. The molecule has 3 nitrogen and oxygen atoms in total. The van der Waals surface area contributed by atoms with Gasteiger partial charge in [0.1, 0.15) is 0 Å². The molecule has 0 spiro atoms. The molecule has 6 heteroatoms. The van der Waals surface area contributed by atoms with Gasteiger partial charge in [0.25, 0.3) is 0 Å². The molecule has 0 bridgehead atoms. The molecule has 0 radical (unpaired) electrons. The normalized spacial score (nSPS) is 13.8. The summed E-state index contributed by atoms with van der Waals surface area (Å²) in [6.07, 6.45) is 0. The Morgan fingerprint density at radius 3 is 3.08 bits per heavy atom. The van der Waals surface area contributed by atoms with Gasteiger partial charge in [-0.15, -0.1) is 11.6 Å². The van der Waals surface area contributed by atoms with E-state index in [0.29, 0.717) is 0 Å². The zero-order valence-electron chi connectivity index (χ0n) is 7.10. The highest BCUT2D eigenvalue weighted by Crippen LogP contribution is 2.22. The summed E-state index contributed by atoms with van der Waals surface area (Å²) in [6, 6.07) is 0. The summed E-state index contributed by atoms with van der Waals surface area (Å²) < 4.78 is 19.9. The molecule has 1 rings (SSSR count). The van der Waals surface area contributed by atoms with Crippen molar-refractivity contribution in [2.75, 3.05) is 5.32 Å². The van der Waals surface area contributed by atoms with E-state index in [1.54, 1.807) is 0 Å². The van der Waals surface area contributed by atoms with Crippen LogP contribution in [0.1, 0.15) is 13.2 Å². The Morgan fingerprint density at radius 1 is 2.00 bits per heavy atom. The quantitative estimate of drug-likeness (QED) is 0.757. The first kappa shape index (κ1) is 7.94. The average molecular weight is 210 g/mol. The van der Waals surface area contributed by atoms with Gasteiger partial charge in [-0.2, -0.15) is 9.37 Å². The second kappa shape index (κ2) is 3.82. The summed E-state index contributed by atoms with van der Waals surface area (Å²) in [4.78, 5) is 13.9. The number of thiazole rings is 1. The first-order chi connectivity index (χ1) is 6.00. The van der Waals surface area contributed by atoms with Crippen molar-refractivity contribution in [1.29, 1.82) is 0 Å². The fourth-order valence-corrected chi connectivity index (χ4v) is 1.51. The second-order valence-electron chi connectivity index (χ2n) is 1.96. The maximum Gasteiger partial charge on any atom is 0.230 e. The van der Waals surface area contributed by atoms with Crippen molar-refractivity contribution < 1.29 is 10.6 Å². The molecule has 0 aromatic carbocycles. The molecule has 1 aromatic rings. The van der Waals surface area contributed by atoms with Gasteiger partial charge in [0.15, 0.2) is 5.13 Å². The van der Waals surface area contributed by atoms with Crippen LogP contribution in [0.3, 0.4) is 0 Å². The molecule has 0 aliphatic heterocycles. The van der Waals surface area contributed by atoms with Crippen LogP contribution < -0.4 is 5.32 Å². The topological polar surface area (TPSA) is 42.0 Å². The van der Waals surface area contributed by atoms with Crippen molar-refractivity contribution in [2.45, 2.75) is 12.8 Å². The lowest BCUT2D eigenvalue weighted by Crippen LogP contribution is -2.04. The SMILES string of the molecule is [2H]C(Cl)c1sc(NC(C)=O)nc1F. The fraction of sp³-hybridized carbons (Fsp3) is 0.333. The molecule has 0 saturated carbocycles. The smallest absolute Gasteiger partial charge is 0.230 e. The zero-order chi connectivity index (χ0) is 10.0. The third-order valence-corrected chi connectivity index (χ3v) is 2.23. The lowest BCUT2D eigenvalue weighted by molar-refractivity contribution is -0.114. The predicted octanol–water partition coefficient (Wildman–Crippen LogP) is 1.98. The van der Waals surface area contributed by atoms with E-state index in [0.717, 1.165) is 11.3 Å². The summed E-state index contributed by atoms with van der Waals surface area (Å²) in [5.41, 5.74) is 0. The number of amides is 1. The van der Waals surface area contributed by atoms with Gasteiger partial charge in [-0.1, -0.05) is 11.3 Å². The molecule has 1 N–H and O–H groups in total. The Hall–Kier alpha value is -0.680. The van der Waals surface area contributed by atoms with Crippen LogP contribution in [0.5, 0.6) is 0 Å². The Bertz CT molecular complexity index is 330. The van der Waals surface area contributed by atoms with Crippen molar-refractivity contribution in [1.82, 2.24) is 4.98 Å². The number of carbonyl (C=O) groups excluding carboxylic acids is 1. The monoisotopic (exact) mass is 209 g/mol. The van der Waals surface area contributed by atoms with Crippen molar-refractivity contribution >= 4 is 34.0 Å². The molecule has 1 aromatic heterocycles. The van der Waals surface area contributed by atoms with E-state index < -0.39 is 11.8 Å². The van der Waals surface area contributed by atoms with Gasteiger partial charge in [-0.05, 0) is 0 Å². The van der Waals surface area contributed by atoms with Gasteiger partial charge < -0.3 is 5.32 Å². The number of anilines is 1. The van der Waals surface area contributed by atoms with Gasteiger partial charge >= 0.3 is 0 Å². The van der Waals surface area contributed by atoms with Crippen molar-refractivity contribution in [3.63, 3.8) is 0 Å². The van der Waals surface area contributed by atoms with E-state index in [4.69, 9.17) is 13.0 Å². The van der Waals surface area contributed by atoms with Gasteiger partial charge in [-0.3, -0.25) is 4.79 Å². The maximum atomic E-state index is 12.9. The van der Waals surface area contributed by atoms with Crippen molar-refractivity contribution in [3.05, 3.63) is 10.8 Å². The number of rotatable bonds is 2. The molecule has 0 saturated heterocycles. The van der Waals surface area contributed by atoms with Crippen molar-refractivity contribution in [2.24, 2.45) is 0 Å². The number of alkyl halides is 1. The standard InChI is InChI=1S/C6H6ClFN2OS/c1-3(11)9-6-10-5(8)4(2-7)12-6/h2H2,1H3,(H,9,10,11)/i2D. The zero-order valence-corrected chi connectivity index (χ0v) is 7.67. The van der Waals surface area contributed by atoms with Gasteiger partial charge in [0.2, 0.25) is 11.9 Å². The largest absolute Gasteiger partial charge is 0.302 e. The van der Waals surface area contributed by atoms with E-state index in [1.165, 1.54) is 6.92 Å². The van der Waals surface area contributed by atoms with E-state index in [-0.39, 0.29) is 15.9 Å². The third-order valence-electron chi connectivity index (χ3n) is 0.992. The minimum atomic E-state index is -1.18. The maximum absolute atomic E-state index is 12.9. The van der Waals surface area contributed by atoms with E-state index >= 15 is 0 Å². The Balaban J connectivity index is 2.88. The summed E-state index contributed by atoms with van der Waals surface area (Å²) in [6.45, 7) is 1.29. The van der Waals surface area contributed by atoms with Crippen LogP contribution in [0.25, 0.3) is 0 Å². The van der Waals surface area contributed by atoms with Crippen LogP contribution >= 0.6 is 22.9 Å². The van der Waals surface area contributed by atoms with Crippen molar-refractivity contribution in [3.8, 4) is 0 Å². The number of nitrogens with one attached hydrogen (secondary N) is 1. The van der Waals surface area contributed by atoms with Crippen LogP contribution in [0.4, 0.5) is 9.52 Å². The molecule has 0 aliphatic carbocycles. The summed E-state index contributed by atoms with van der Waals surface area (Å²) in [7, 11) is 0. The van der Waals surface area contributed by atoms with Gasteiger partial charge in [0, 0.05) is 8.29 Å². The first-order valence-electron chi connectivity index (χ1n) is 3.58. The molecule has 1 atom stereocenters. The molecular weight excluding hydrogens is 203 g/mol. The molecule has 1 heterocycles. The van der Waals surface area contributed by atoms with Crippen LogP contribution in [-0.2, 0) is 10.7 Å². The van der Waals surface area contributed by atoms with Crippen LogP contribution in [0.2, 0.25) is 0 Å². The third kappa shape index (κ3) is 2.15. The summed E-state index contributed by atoms with van der Waals surface area (Å²) in [5, 5.41) is 2.43. The molecular formula is C6H6ClFN2OS. The molecule has 1 amide bonds. The average Bonchev–Trinajstić information content (AvgIpc) is 2.29. The lowest BCUT2D eigenvalue weighted by atomic mass is 10.6. The Morgan fingerprint density at radius 2 is 2.67 bits per heavy atom. The number of halogens is 2. The van der Waals surface area contributed by atoms with Crippen LogP contribution in [-0.4, -0.2) is 10.9 Å². The van der Waals surface area contributed by atoms with Gasteiger partial charge in [0.05, 0.1) is 10.7 Å². The van der Waals surface area contributed by atoms with E-state index in [2.05, 4.69) is 10.3 Å². The minimum absolute atomic E-state index is 0.00502. The van der Waals surface area contributed by atoms with Crippen LogP contribution in [0, 0.1) is 5.95 Å². The minimum Gasteiger partial charge on any atom is -0.302 e. The molecule has 66 valence electrons. The first-order valence-corrected chi connectivity index (χ1v) is 4.26. The number of aromatic nitrogens is 1. The number of nitrogens with zero attached hydrogens (tertiary/aromatic N) is 1. The summed E-state index contributed by atoms with van der Waals surface area (Å²) >= 11 is 6.20. The number of carbonyl (C=O) groups is 1. The molecule has 0 aliphatic rings. The Labute approximate surface area is 79.0 Å². The fourth-order valence-electron chi connectivity index (χ4n) is 0.585. The highest BCUT2D eigenvalue weighted by molar-refractivity contribution is 7.15. The Kier molecular flexibility index (Phi) is 2.53. The van der Waals surface area contributed by atoms with Crippen LogP contribution in [0.15, 0.2) is 0 Å².